The monoisotopic (exact) mass is 772 g/mol. The Kier molecular flexibility index (Phi) is 11.7. The molecular formula is C43H48N8O6. The number of amides is 4. The zero-order valence-corrected chi connectivity index (χ0v) is 32.5. The van der Waals surface area contributed by atoms with Crippen molar-refractivity contribution in [2.75, 3.05) is 27.3 Å². The molecule has 57 heavy (non-hydrogen) atoms. The zero-order valence-electron chi connectivity index (χ0n) is 32.5. The summed E-state index contributed by atoms with van der Waals surface area (Å²) in [6.45, 7) is 4.94. The SMILES string of the molecule is COC(=O)NC(C(=O)N1CCCC1c1ncc(-c2ccc(-c3ccc(-c4cnc(C5CCCN5C(=O)[C@@H](NC(=O)OC)C(C)C)[nH]4)cc3)cc2)[nH]1)c1ccccc1. The average Bonchev–Trinajstić information content (AvgIpc) is 4.09. The highest BCUT2D eigenvalue weighted by atomic mass is 16.5. The third-order valence-electron chi connectivity index (χ3n) is 10.8. The number of ether oxygens (including phenoxy) is 2. The number of carbonyl (C=O) groups excluding carboxylic acids is 4. The molecule has 296 valence electrons. The van der Waals surface area contributed by atoms with Crippen LogP contribution < -0.4 is 10.6 Å². The minimum absolute atomic E-state index is 0.108. The van der Waals surface area contributed by atoms with Crippen LogP contribution in [-0.2, 0) is 19.1 Å². The highest BCUT2D eigenvalue weighted by Gasteiger charge is 2.38. The number of aromatic amines is 2. The van der Waals surface area contributed by atoms with Gasteiger partial charge in [-0.25, -0.2) is 19.6 Å². The standard InChI is InChI=1S/C43H48N8O6/c1-26(2)36(48-42(54)56-3)40(52)50-22-8-12-34(50)38-44-24-32(46-38)29-18-14-27(15-19-29)28-16-20-30(21-17-28)33-25-45-39(47-33)35-13-9-23-51(35)41(53)37(49-43(55)57-4)31-10-6-5-7-11-31/h5-7,10-11,14-21,24-26,34-37H,8-9,12-13,22-23H2,1-4H3,(H,44,46)(H,45,47)(H,48,54)(H,49,55)/t34?,35?,36-,37?/m0/s1. The number of alkyl carbamates (subject to hydrolysis) is 2. The molecule has 4 amide bonds. The second-order valence-electron chi connectivity index (χ2n) is 14.7. The summed E-state index contributed by atoms with van der Waals surface area (Å²) in [6.07, 6.45) is 5.49. The van der Waals surface area contributed by atoms with Crippen molar-refractivity contribution in [3.8, 4) is 33.6 Å². The van der Waals surface area contributed by atoms with Gasteiger partial charge in [-0.2, -0.15) is 0 Å². The van der Waals surface area contributed by atoms with E-state index in [1.165, 1.54) is 14.2 Å². The molecule has 2 saturated heterocycles. The number of methoxy groups -OCH3 is 2. The van der Waals surface area contributed by atoms with Crippen LogP contribution in [0.5, 0.6) is 0 Å². The maximum atomic E-state index is 13.9. The highest BCUT2D eigenvalue weighted by molar-refractivity contribution is 5.88. The number of imidazole rings is 2. The lowest BCUT2D eigenvalue weighted by Gasteiger charge is -2.30. The third kappa shape index (κ3) is 8.39. The van der Waals surface area contributed by atoms with Gasteiger partial charge in [-0.15, -0.1) is 0 Å². The number of nitrogens with zero attached hydrogens (tertiary/aromatic N) is 4. The topological polar surface area (TPSA) is 175 Å². The molecule has 5 aromatic rings. The predicted octanol–water partition coefficient (Wildman–Crippen LogP) is 6.94. The Morgan fingerprint density at radius 3 is 1.58 bits per heavy atom. The maximum absolute atomic E-state index is 13.9. The minimum Gasteiger partial charge on any atom is -0.453 e. The second-order valence-corrected chi connectivity index (χ2v) is 14.7. The molecule has 2 aliphatic rings. The number of likely N-dealkylation sites (tertiary alicyclic amines) is 2. The Morgan fingerprint density at radius 1 is 0.649 bits per heavy atom. The van der Waals surface area contributed by atoms with Crippen molar-refractivity contribution in [2.45, 2.75) is 63.7 Å². The van der Waals surface area contributed by atoms with Gasteiger partial charge in [-0.1, -0.05) is 92.7 Å². The first kappa shape index (κ1) is 38.8. The van der Waals surface area contributed by atoms with Crippen LogP contribution in [0.15, 0.2) is 91.3 Å². The molecule has 2 aliphatic heterocycles. The maximum Gasteiger partial charge on any atom is 0.407 e. The van der Waals surface area contributed by atoms with Crippen LogP contribution >= 0.6 is 0 Å². The zero-order chi connectivity index (χ0) is 40.1. The van der Waals surface area contributed by atoms with E-state index in [1.807, 2.05) is 68.4 Å². The van der Waals surface area contributed by atoms with Crippen LogP contribution in [-0.4, -0.2) is 87.1 Å². The fourth-order valence-electron chi connectivity index (χ4n) is 7.77. The largest absolute Gasteiger partial charge is 0.453 e. The van der Waals surface area contributed by atoms with Crippen LogP contribution in [0.3, 0.4) is 0 Å². The van der Waals surface area contributed by atoms with Crippen molar-refractivity contribution >= 4 is 24.0 Å². The lowest BCUT2D eigenvalue weighted by atomic mass is 10.0. The quantitative estimate of drug-likeness (QED) is 0.112. The van der Waals surface area contributed by atoms with Crippen LogP contribution in [0, 0.1) is 5.92 Å². The van der Waals surface area contributed by atoms with E-state index in [1.54, 1.807) is 22.2 Å². The smallest absolute Gasteiger partial charge is 0.407 e. The molecule has 2 aromatic heterocycles. The number of hydrogen-bond acceptors (Lipinski definition) is 8. The highest BCUT2D eigenvalue weighted by Crippen LogP contribution is 2.36. The lowest BCUT2D eigenvalue weighted by molar-refractivity contribution is -0.135. The summed E-state index contributed by atoms with van der Waals surface area (Å²) in [5.74, 6) is 0.954. The minimum atomic E-state index is -0.880. The van der Waals surface area contributed by atoms with Gasteiger partial charge < -0.3 is 39.9 Å². The fraction of sp³-hybridized carbons (Fsp3) is 0.349. The van der Waals surface area contributed by atoms with E-state index >= 15 is 0 Å². The summed E-state index contributed by atoms with van der Waals surface area (Å²) in [6, 6.07) is 23.6. The molecule has 4 heterocycles. The molecule has 4 N–H and O–H groups in total. The van der Waals surface area contributed by atoms with Crippen LogP contribution in [0.25, 0.3) is 33.6 Å². The van der Waals surface area contributed by atoms with Crippen molar-refractivity contribution in [1.82, 2.24) is 40.4 Å². The Hall–Kier alpha value is -6.44. The fourth-order valence-corrected chi connectivity index (χ4v) is 7.77. The number of benzene rings is 3. The molecule has 0 radical (unpaired) electrons. The van der Waals surface area contributed by atoms with Crippen LogP contribution in [0.1, 0.15) is 74.9 Å². The predicted molar refractivity (Wildman–Crippen MR) is 213 cm³/mol. The molecule has 3 unspecified atom stereocenters. The normalized spacial score (nSPS) is 17.6. The van der Waals surface area contributed by atoms with Gasteiger partial charge in [0.15, 0.2) is 0 Å². The van der Waals surface area contributed by atoms with E-state index in [2.05, 4.69) is 49.9 Å². The van der Waals surface area contributed by atoms with Crippen LogP contribution in [0.4, 0.5) is 9.59 Å². The van der Waals surface area contributed by atoms with E-state index in [9.17, 15) is 19.2 Å². The van der Waals surface area contributed by atoms with E-state index < -0.39 is 24.3 Å². The molecule has 4 atom stereocenters. The van der Waals surface area contributed by atoms with E-state index in [4.69, 9.17) is 14.5 Å². The molecule has 7 rings (SSSR count). The Bertz CT molecular complexity index is 2180. The Morgan fingerprint density at radius 2 is 1.11 bits per heavy atom. The third-order valence-corrected chi connectivity index (χ3v) is 10.8. The molecule has 2 fully saturated rings. The van der Waals surface area contributed by atoms with Gasteiger partial charge in [0.1, 0.15) is 23.7 Å². The number of nitrogens with one attached hydrogen (secondary N) is 4. The van der Waals surface area contributed by atoms with Gasteiger partial charge in [0.05, 0.1) is 50.1 Å². The summed E-state index contributed by atoms with van der Waals surface area (Å²) in [4.78, 5) is 71.4. The second kappa shape index (κ2) is 17.1. The Labute approximate surface area is 331 Å². The molecule has 0 aliphatic carbocycles. The molecule has 0 spiro atoms. The molecule has 3 aromatic carbocycles. The average molecular weight is 773 g/mol. The van der Waals surface area contributed by atoms with Gasteiger partial charge in [-0.3, -0.25) is 9.59 Å². The van der Waals surface area contributed by atoms with E-state index in [0.29, 0.717) is 24.5 Å². The number of hydrogen-bond donors (Lipinski definition) is 4. The van der Waals surface area contributed by atoms with E-state index in [0.717, 1.165) is 65.1 Å². The van der Waals surface area contributed by atoms with Crippen molar-refractivity contribution in [3.63, 3.8) is 0 Å². The summed E-state index contributed by atoms with van der Waals surface area (Å²) in [7, 11) is 2.57. The van der Waals surface area contributed by atoms with Crippen LogP contribution in [0.2, 0.25) is 0 Å². The molecular weight excluding hydrogens is 725 g/mol. The van der Waals surface area contributed by atoms with Gasteiger partial charge in [0, 0.05) is 13.1 Å². The van der Waals surface area contributed by atoms with Gasteiger partial charge in [0.25, 0.3) is 5.91 Å². The summed E-state index contributed by atoms with van der Waals surface area (Å²) >= 11 is 0. The molecule has 14 heteroatoms. The van der Waals surface area contributed by atoms with Crippen molar-refractivity contribution in [1.29, 1.82) is 0 Å². The van der Waals surface area contributed by atoms with Crippen molar-refractivity contribution in [3.05, 3.63) is 108 Å². The molecule has 0 saturated carbocycles. The first-order valence-electron chi connectivity index (χ1n) is 19.3. The summed E-state index contributed by atoms with van der Waals surface area (Å²) in [5.41, 5.74) is 6.41. The molecule has 0 bridgehead atoms. The van der Waals surface area contributed by atoms with Gasteiger partial charge in [-0.05, 0) is 59.4 Å². The van der Waals surface area contributed by atoms with Crippen molar-refractivity contribution in [2.24, 2.45) is 5.92 Å². The van der Waals surface area contributed by atoms with E-state index in [-0.39, 0.29) is 29.8 Å². The van der Waals surface area contributed by atoms with Crippen molar-refractivity contribution < 1.29 is 28.7 Å². The Balaban J connectivity index is 1.01. The lowest BCUT2D eigenvalue weighted by Crippen LogP contribution is -2.51. The first-order chi connectivity index (χ1) is 27.6. The summed E-state index contributed by atoms with van der Waals surface area (Å²) in [5, 5.41) is 5.40. The number of aromatic nitrogens is 4. The van der Waals surface area contributed by atoms with Gasteiger partial charge >= 0.3 is 12.2 Å². The summed E-state index contributed by atoms with van der Waals surface area (Å²) < 4.78 is 9.58. The number of carbonyl (C=O) groups is 4. The number of H-pyrrole nitrogens is 2. The van der Waals surface area contributed by atoms with Gasteiger partial charge in [0.2, 0.25) is 5.91 Å². The molecule has 14 nitrogen and oxygen atoms in total. The first-order valence-corrected chi connectivity index (χ1v) is 19.3. The number of rotatable bonds is 11.